The van der Waals surface area contributed by atoms with Crippen molar-refractivity contribution in [1.29, 1.82) is 0 Å². The first-order valence-corrected chi connectivity index (χ1v) is 12.3. The lowest BCUT2D eigenvalue weighted by atomic mass is 10.2. The van der Waals surface area contributed by atoms with Crippen molar-refractivity contribution in [3.05, 3.63) is 87.4 Å². The smallest absolute Gasteiger partial charge is 0.332 e. The summed E-state index contributed by atoms with van der Waals surface area (Å²) in [4.78, 5) is 30.4. The van der Waals surface area contributed by atoms with E-state index in [0.29, 0.717) is 19.4 Å². The summed E-state index contributed by atoms with van der Waals surface area (Å²) >= 11 is 1.52. The standard InChI is InChI=1S/C26H25F4N3O2S/c1-17-11-12-36-23(17)15-32(14-18-5-7-20(27)8-6-18)24(34)16-33(22-9-10-22)25(35)31-21-4-2-3-19(13-21)26(28,29)30/h2-8,11-13,22H,9-10,14-16H2,1H3,(H,31,35). The van der Waals surface area contributed by atoms with Gasteiger partial charge in [0.05, 0.1) is 12.1 Å². The summed E-state index contributed by atoms with van der Waals surface area (Å²) in [6, 6.07) is 11.4. The van der Waals surface area contributed by atoms with Gasteiger partial charge in [0, 0.05) is 23.2 Å². The Hall–Kier alpha value is -3.40. The van der Waals surface area contributed by atoms with Crippen molar-refractivity contribution in [3.8, 4) is 0 Å². The van der Waals surface area contributed by atoms with Gasteiger partial charge in [-0.1, -0.05) is 18.2 Å². The van der Waals surface area contributed by atoms with Crippen LogP contribution in [-0.2, 0) is 24.1 Å². The molecule has 5 nitrogen and oxygen atoms in total. The van der Waals surface area contributed by atoms with E-state index in [1.165, 1.54) is 40.5 Å². The predicted octanol–water partition coefficient (Wildman–Crippen LogP) is 6.44. The molecule has 3 aromatic rings. The lowest BCUT2D eigenvalue weighted by Crippen LogP contribution is -2.45. The van der Waals surface area contributed by atoms with Gasteiger partial charge in [0.2, 0.25) is 5.91 Å². The number of carbonyl (C=O) groups excluding carboxylic acids is 2. The van der Waals surface area contributed by atoms with Gasteiger partial charge in [-0.05, 0) is 72.7 Å². The van der Waals surface area contributed by atoms with Crippen molar-refractivity contribution in [2.45, 2.75) is 45.1 Å². The highest BCUT2D eigenvalue weighted by atomic mass is 32.1. The van der Waals surface area contributed by atoms with E-state index in [1.54, 1.807) is 17.0 Å². The first-order valence-electron chi connectivity index (χ1n) is 11.4. The number of hydrogen-bond acceptors (Lipinski definition) is 3. The SMILES string of the molecule is Cc1ccsc1CN(Cc1ccc(F)cc1)C(=O)CN(C(=O)Nc1cccc(C(F)(F)F)c1)C1CC1. The maximum Gasteiger partial charge on any atom is 0.416 e. The van der Waals surface area contributed by atoms with E-state index < -0.39 is 17.8 Å². The average molecular weight is 520 g/mol. The number of urea groups is 1. The molecule has 0 spiro atoms. The maximum absolute atomic E-state index is 13.4. The highest BCUT2D eigenvalue weighted by Gasteiger charge is 2.36. The Kier molecular flexibility index (Phi) is 7.63. The van der Waals surface area contributed by atoms with Crippen LogP contribution in [0.25, 0.3) is 0 Å². The Morgan fingerprint density at radius 1 is 1.06 bits per heavy atom. The summed E-state index contributed by atoms with van der Waals surface area (Å²) in [5, 5.41) is 4.44. The summed E-state index contributed by atoms with van der Waals surface area (Å²) in [7, 11) is 0. The molecule has 36 heavy (non-hydrogen) atoms. The number of nitrogens with one attached hydrogen (secondary N) is 1. The molecule has 0 radical (unpaired) electrons. The molecular weight excluding hydrogens is 494 g/mol. The number of nitrogens with zero attached hydrogens (tertiary/aromatic N) is 2. The summed E-state index contributed by atoms with van der Waals surface area (Å²) in [6.07, 6.45) is -3.11. The van der Waals surface area contributed by atoms with Gasteiger partial charge >= 0.3 is 12.2 Å². The van der Waals surface area contributed by atoms with Crippen molar-refractivity contribution in [2.24, 2.45) is 0 Å². The lowest BCUT2D eigenvalue weighted by molar-refractivity contribution is -0.137. The molecule has 1 N–H and O–H groups in total. The molecule has 0 unspecified atom stereocenters. The molecule has 1 aromatic heterocycles. The number of alkyl halides is 3. The minimum Gasteiger partial charge on any atom is -0.332 e. The highest BCUT2D eigenvalue weighted by Crippen LogP contribution is 2.32. The number of hydrogen-bond donors (Lipinski definition) is 1. The van der Waals surface area contributed by atoms with Crippen LogP contribution < -0.4 is 5.32 Å². The van der Waals surface area contributed by atoms with Gasteiger partial charge in [-0.25, -0.2) is 9.18 Å². The van der Waals surface area contributed by atoms with E-state index in [9.17, 15) is 27.2 Å². The monoisotopic (exact) mass is 519 g/mol. The van der Waals surface area contributed by atoms with Crippen molar-refractivity contribution >= 4 is 29.0 Å². The third-order valence-electron chi connectivity index (χ3n) is 5.94. The number of halogens is 4. The van der Waals surface area contributed by atoms with E-state index in [0.717, 1.165) is 28.1 Å². The quantitative estimate of drug-likeness (QED) is 0.348. The molecule has 1 aliphatic carbocycles. The Morgan fingerprint density at radius 2 is 1.78 bits per heavy atom. The zero-order chi connectivity index (χ0) is 25.9. The van der Waals surface area contributed by atoms with Crippen molar-refractivity contribution in [2.75, 3.05) is 11.9 Å². The second-order valence-electron chi connectivity index (χ2n) is 8.77. The molecule has 0 atom stereocenters. The molecule has 1 saturated carbocycles. The predicted molar refractivity (Wildman–Crippen MR) is 130 cm³/mol. The summed E-state index contributed by atoms with van der Waals surface area (Å²) in [6.45, 7) is 2.28. The maximum atomic E-state index is 13.4. The fourth-order valence-electron chi connectivity index (χ4n) is 3.75. The van der Waals surface area contributed by atoms with Crippen LogP contribution >= 0.6 is 11.3 Å². The normalized spacial score (nSPS) is 13.4. The third kappa shape index (κ3) is 6.63. The molecule has 1 heterocycles. The fraction of sp³-hybridized carbons (Fsp3) is 0.308. The van der Waals surface area contributed by atoms with Gasteiger partial charge in [-0.3, -0.25) is 4.79 Å². The van der Waals surface area contributed by atoms with Gasteiger partial charge in [-0.2, -0.15) is 13.2 Å². The first kappa shape index (κ1) is 25.7. The zero-order valence-electron chi connectivity index (χ0n) is 19.5. The molecular formula is C26H25F4N3O2S. The highest BCUT2D eigenvalue weighted by molar-refractivity contribution is 7.10. The van der Waals surface area contributed by atoms with Crippen molar-refractivity contribution in [1.82, 2.24) is 9.80 Å². The number of carbonyl (C=O) groups is 2. The molecule has 190 valence electrons. The molecule has 1 fully saturated rings. The van der Waals surface area contributed by atoms with E-state index in [-0.39, 0.29) is 36.5 Å². The lowest BCUT2D eigenvalue weighted by Gasteiger charge is -2.28. The largest absolute Gasteiger partial charge is 0.416 e. The Morgan fingerprint density at radius 3 is 2.39 bits per heavy atom. The van der Waals surface area contributed by atoms with Gasteiger partial charge in [0.15, 0.2) is 0 Å². The van der Waals surface area contributed by atoms with Gasteiger partial charge in [-0.15, -0.1) is 11.3 Å². The fourth-order valence-corrected chi connectivity index (χ4v) is 4.67. The Balaban J connectivity index is 1.50. The minimum absolute atomic E-state index is 0.00491. The van der Waals surface area contributed by atoms with Gasteiger partial charge in [0.1, 0.15) is 12.4 Å². The van der Waals surface area contributed by atoms with Crippen molar-refractivity contribution in [3.63, 3.8) is 0 Å². The summed E-state index contributed by atoms with van der Waals surface area (Å²) < 4.78 is 52.5. The van der Waals surface area contributed by atoms with E-state index in [1.807, 2.05) is 18.4 Å². The Bertz CT molecular complexity index is 1220. The van der Waals surface area contributed by atoms with Crippen LogP contribution in [0.15, 0.2) is 60.0 Å². The second kappa shape index (κ2) is 10.7. The molecule has 0 aliphatic heterocycles. The second-order valence-corrected chi connectivity index (χ2v) is 9.77. The molecule has 3 amide bonds. The number of rotatable bonds is 8. The van der Waals surface area contributed by atoms with Crippen LogP contribution in [0.4, 0.5) is 28.0 Å². The number of anilines is 1. The first-order chi connectivity index (χ1) is 17.1. The molecule has 1 aliphatic rings. The average Bonchev–Trinajstić information content (AvgIpc) is 3.59. The zero-order valence-corrected chi connectivity index (χ0v) is 20.3. The molecule has 2 aromatic carbocycles. The summed E-state index contributed by atoms with van der Waals surface area (Å²) in [5.74, 6) is -0.685. The van der Waals surface area contributed by atoms with Crippen LogP contribution in [0.2, 0.25) is 0 Å². The van der Waals surface area contributed by atoms with Crippen LogP contribution in [0, 0.1) is 12.7 Å². The molecule has 0 saturated heterocycles. The molecule has 0 bridgehead atoms. The topological polar surface area (TPSA) is 52.7 Å². The Labute approximate surface area is 210 Å². The number of benzene rings is 2. The van der Waals surface area contributed by atoms with Crippen LogP contribution in [0.1, 0.15) is 34.4 Å². The van der Waals surface area contributed by atoms with E-state index in [4.69, 9.17) is 0 Å². The number of aryl methyl sites for hydroxylation is 1. The minimum atomic E-state index is -4.53. The van der Waals surface area contributed by atoms with E-state index >= 15 is 0 Å². The number of thiophene rings is 1. The van der Waals surface area contributed by atoms with E-state index in [2.05, 4.69) is 5.32 Å². The third-order valence-corrected chi connectivity index (χ3v) is 6.95. The van der Waals surface area contributed by atoms with Crippen LogP contribution in [0.3, 0.4) is 0 Å². The van der Waals surface area contributed by atoms with Crippen LogP contribution in [-0.4, -0.2) is 34.3 Å². The number of amides is 3. The molecule has 10 heteroatoms. The van der Waals surface area contributed by atoms with Crippen molar-refractivity contribution < 1.29 is 27.2 Å². The van der Waals surface area contributed by atoms with Gasteiger partial charge < -0.3 is 15.1 Å². The summed E-state index contributed by atoms with van der Waals surface area (Å²) in [5.41, 5.74) is 0.917. The van der Waals surface area contributed by atoms with Crippen LogP contribution in [0.5, 0.6) is 0 Å². The molecule has 4 rings (SSSR count). The van der Waals surface area contributed by atoms with Gasteiger partial charge in [0.25, 0.3) is 0 Å².